The molecule has 8 atom stereocenters. The van der Waals surface area contributed by atoms with Crippen LogP contribution in [0.25, 0.3) is 19.6 Å². The standard InChI is InChI=1S/C22H23F3N4OS.C13H11F3N2.C13H15F3N2.C9H10N2O2S.C7H4FN.C6H8F3N/c1-3-17-19(29-9-12(2)31-21(29)27-17)20(30)26-8-13-4-6-14(7-5-13)28-10-15-16(11-28)18(15)22(23,24)25;1-17-8-2-4-9(5-3-8)18-6-10-11(7-18)12(10)13(14,15)16;14-13(15,16)12-10-6-18(7-11(10)12)9-3-1-8(5-17)2-4-9;1-3-6-7(8(12)13)11-4-5(2)14-9(11)10-6;1-9-7-4-2-6(8)3-5-7;7-6(8,9)5-3-1-10-2-4(3)5/h4-7,9,15-16,18H,3,8,10-11H2,1-2H3,(H,26,30);2-5,10-12H,6-7H2;1-4,10-12H,5-7,17H2;4H,3H2,1-2H3,(H,12,13);2-5H;3-5,10H,1-2H2. The van der Waals surface area contributed by atoms with E-state index in [1.165, 1.54) is 35.6 Å². The fraction of sp³-hybridized carbons (Fsp3) is 0.457. The zero-order chi connectivity index (χ0) is 72.1. The number of imidazole rings is 2. The molecule has 4 aliphatic carbocycles. The molecule has 15 nitrogen and oxygen atoms in total. The fourth-order valence-corrected chi connectivity index (χ4v) is 16.4. The fourth-order valence-electron chi connectivity index (χ4n) is 14.7. The molecule has 8 fully saturated rings. The molecule has 5 N–H and O–H groups in total. The highest BCUT2D eigenvalue weighted by atomic mass is 32.1. The lowest BCUT2D eigenvalue weighted by Crippen LogP contribution is -2.28. The van der Waals surface area contributed by atoms with Gasteiger partial charge in [-0.15, -0.1) is 22.7 Å². The quantitative estimate of drug-likeness (QED) is 0.0767. The van der Waals surface area contributed by atoms with E-state index in [1.54, 1.807) is 40.0 Å². The summed E-state index contributed by atoms with van der Waals surface area (Å²) in [5.74, 6) is -7.19. The molecule has 8 aromatic rings. The number of thiazole rings is 2. The van der Waals surface area contributed by atoms with Crippen molar-refractivity contribution in [2.24, 2.45) is 76.7 Å². The third kappa shape index (κ3) is 16.1. The Hall–Kier alpha value is -8.45. The first kappa shape index (κ1) is 72.8. The van der Waals surface area contributed by atoms with Crippen LogP contribution in [0.5, 0.6) is 0 Å². The van der Waals surface area contributed by atoms with Crippen LogP contribution in [0.3, 0.4) is 0 Å². The van der Waals surface area contributed by atoms with Crippen molar-refractivity contribution in [3.05, 3.63) is 182 Å². The highest BCUT2D eigenvalue weighted by Gasteiger charge is 2.69. The van der Waals surface area contributed by atoms with Crippen LogP contribution in [0.15, 0.2) is 109 Å². The van der Waals surface area contributed by atoms with Gasteiger partial charge in [0, 0.05) is 91.6 Å². The maximum absolute atomic E-state index is 12.9. The van der Waals surface area contributed by atoms with E-state index in [0.717, 1.165) is 53.6 Å². The molecule has 16 rings (SSSR count). The van der Waals surface area contributed by atoms with Crippen LogP contribution < -0.4 is 31.1 Å². The number of carboxylic acid groups (broad SMARTS) is 1. The minimum Gasteiger partial charge on any atom is -0.477 e. The number of nitrogens with two attached hydrogens (primary N) is 1. The summed E-state index contributed by atoms with van der Waals surface area (Å²) >= 11 is 3.07. The van der Waals surface area contributed by atoms with Gasteiger partial charge in [-0.2, -0.15) is 52.7 Å². The van der Waals surface area contributed by atoms with E-state index < -0.39 is 54.3 Å². The Morgan fingerprint density at radius 3 is 1.20 bits per heavy atom. The van der Waals surface area contributed by atoms with Gasteiger partial charge in [-0.1, -0.05) is 62.4 Å². The number of benzene rings is 4. The van der Waals surface area contributed by atoms with Crippen LogP contribution in [0, 0.1) is 104 Å². The molecule has 4 saturated heterocycles. The van der Waals surface area contributed by atoms with Gasteiger partial charge >= 0.3 is 30.7 Å². The van der Waals surface area contributed by atoms with E-state index in [2.05, 4.69) is 30.3 Å². The summed E-state index contributed by atoms with van der Waals surface area (Å²) in [4.78, 5) is 48.9. The number of aromatic nitrogens is 4. The normalized spacial score (nSPS) is 24.7. The number of hydrogen-bond acceptors (Lipinski definition) is 11. The topological polar surface area (TPSA) is 157 Å². The number of aromatic carboxylic acids is 1. The van der Waals surface area contributed by atoms with Crippen LogP contribution >= 0.6 is 22.7 Å². The Kier molecular flexibility index (Phi) is 21.0. The third-order valence-corrected chi connectivity index (χ3v) is 21.7. The maximum atomic E-state index is 12.9. The summed E-state index contributed by atoms with van der Waals surface area (Å²) in [5.41, 5.74) is 13.7. The largest absolute Gasteiger partial charge is 0.477 e. The van der Waals surface area contributed by atoms with Crippen LogP contribution in [0.1, 0.15) is 67.1 Å². The van der Waals surface area contributed by atoms with E-state index in [-0.39, 0.29) is 59.1 Å². The predicted molar refractivity (Wildman–Crippen MR) is 354 cm³/mol. The number of carboxylic acids is 1. The number of anilines is 3. The molecular weight excluding hydrogens is 1370 g/mol. The molecule has 4 aliphatic heterocycles. The van der Waals surface area contributed by atoms with E-state index in [9.17, 15) is 66.7 Å². The smallest absolute Gasteiger partial charge is 0.392 e. The molecule has 8 heterocycles. The molecule has 4 saturated carbocycles. The molecule has 8 unspecified atom stereocenters. The van der Waals surface area contributed by atoms with Gasteiger partial charge in [0.15, 0.2) is 27.0 Å². The Bertz CT molecular complexity index is 4240. The van der Waals surface area contributed by atoms with Crippen molar-refractivity contribution < 1.29 is 71.8 Å². The summed E-state index contributed by atoms with van der Waals surface area (Å²) in [7, 11) is 0. The van der Waals surface area contributed by atoms with Gasteiger partial charge in [-0.25, -0.2) is 28.8 Å². The van der Waals surface area contributed by atoms with Crippen LogP contribution in [-0.4, -0.2) is 113 Å². The molecule has 0 bridgehead atoms. The van der Waals surface area contributed by atoms with Gasteiger partial charge in [0.05, 0.1) is 48.2 Å². The van der Waals surface area contributed by atoms with Crippen molar-refractivity contribution in [3.8, 4) is 0 Å². The summed E-state index contributed by atoms with van der Waals surface area (Å²) < 4.78 is 165. The zero-order valence-electron chi connectivity index (χ0n) is 54.4. The lowest BCUT2D eigenvalue weighted by Gasteiger charge is -2.23. The number of halogens is 13. The van der Waals surface area contributed by atoms with E-state index >= 15 is 0 Å². The van der Waals surface area contributed by atoms with E-state index in [4.69, 9.17) is 24.0 Å². The first-order chi connectivity index (χ1) is 47.3. The molecule has 4 aromatic heterocycles. The van der Waals surface area contributed by atoms with Crippen molar-refractivity contribution in [1.29, 1.82) is 0 Å². The summed E-state index contributed by atoms with van der Waals surface area (Å²) in [6, 6.07) is 27.9. The van der Waals surface area contributed by atoms with Crippen LogP contribution in [0.4, 0.5) is 85.5 Å². The van der Waals surface area contributed by atoms with Gasteiger partial charge < -0.3 is 36.2 Å². The lowest BCUT2D eigenvalue weighted by molar-refractivity contribution is -0.155. The van der Waals surface area contributed by atoms with Gasteiger partial charge in [-0.3, -0.25) is 13.6 Å². The SMILES string of the molecule is CCc1nc2sc(C)cn2c1C(=O)NCc1ccc(N2CC3C(C2)C3C(F)(F)F)cc1.CCc1nc2sc(C)cn2c1C(=O)O.FC(F)(F)C1C2CNCC21.NCc1ccc(N2CC3C(C2)C3C(F)(F)F)cc1.[C-]#[N+]c1ccc(F)cc1.[C-]#[N+]c1ccc(N2CC3C(C2)C3C(F)(F)F)cc1. The molecule has 8 aliphatic rings. The number of carbonyl (C=O) groups is 2. The van der Waals surface area contributed by atoms with Gasteiger partial charge in [-0.05, 0) is 147 Å². The molecule has 30 heteroatoms. The van der Waals surface area contributed by atoms with Crippen molar-refractivity contribution in [2.75, 3.05) is 67.1 Å². The Balaban J connectivity index is 0.000000127. The van der Waals surface area contributed by atoms with Crippen molar-refractivity contribution >= 4 is 72.9 Å². The second kappa shape index (κ2) is 28.9. The Labute approximate surface area is 575 Å². The lowest BCUT2D eigenvalue weighted by atomic mass is 10.1. The van der Waals surface area contributed by atoms with Gasteiger partial charge in [0.2, 0.25) is 0 Å². The Morgan fingerprint density at radius 1 is 0.540 bits per heavy atom. The average molecular weight is 1440 g/mol. The predicted octanol–water partition coefficient (Wildman–Crippen LogP) is 15.7. The first-order valence-corrected chi connectivity index (χ1v) is 34.1. The monoisotopic (exact) mass is 1440 g/mol. The summed E-state index contributed by atoms with van der Waals surface area (Å²) in [6.45, 7) is 26.1. The minimum atomic E-state index is -4.07. The van der Waals surface area contributed by atoms with Crippen LogP contribution in [0.2, 0.25) is 0 Å². The molecular formula is C70H71F13N12O3S2. The molecule has 4 aromatic carbocycles. The van der Waals surface area contributed by atoms with Crippen molar-refractivity contribution in [2.45, 2.75) is 78.3 Å². The average Bonchev–Trinajstić information content (AvgIpc) is 1.58. The number of aryl methyl sites for hydroxylation is 4. The number of hydrogen-bond donors (Lipinski definition) is 4. The number of rotatable bonds is 10. The number of alkyl halides is 12. The molecule has 100 heavy (non-hydrogen) atoms. The Morgan fingerprint density at radius 2 is 0.870 bits per heavy atom. The summed E-state index contributed by atoms with van der Waals surface area (Å²) in [6.07, 6.45) is -11.0. The number of carbonyl (C=O) groups excluding carboxylic acids is 1. The van der Waals surface area contributed by atoms with Crippen molar-refractivity contribution in [1.82, 2.24) is 29.4 Å². The molecule has 532 valence electrons. The number of nitrogens with zero attached hydrogens (tertiary/aromatic N) is 9. The van der Waals surface area contributed by atoms with Gasteiger partial charge in [0.1, 0.15) is 11.5 Å². The maximum Gasteiger partial charge on any atom is 0.392 e. The van der Waals surface area contributed by atoms with E-state index in [0.29, 0.717) is 107 Å². The van der Waals surface area contributed by atoms with Crippen LogP contribution in [-0.2, 0) is 25.9 Å². The first-order valence-electron chi connectivity index (χ1n) is 32.5. The highest BCUT2D eigenvalue weighted by Crippen LogP contribution is 2.62. The molecule has 0 radical (unpaired) electrons. The second-order valence-electron chi connectivity index (χ2n) is 26.2. The number of fused-ring (bicyclic) bond motifs is 6. The van der Waals surface area contributed by atoms with Gasteiger partial charge in [0.25, 0.3) is 5.91 Å². The number of amides is 1. The number of nitrogens with one attached hydrogen (secondary N) is 2. The van der Waals surface area contributed by atoms with E-state index in [1.807, 2.05) is 108 Å². The third-order valence-electron chi connectivity index (χ3n) is 19.9. The second-order valence-corrected chi connectivity index (χ2v) is 28.6. The molecule has 0 spiro atoms. The van der Waals surface area contributed by atoms with Crippen molar-refractivity contribution in [3.63, 3.8) is 0 Å². The highest BCUT2D eigenvalue weighted by molar-refractivity contribution is 7.17. The minimum absolute atomic E-state index is 0.0972. The number of piperidine rings is 4. The zero-order valence-corrected chi connectivity index (χ0v) is 56.0. The molecule has 1 amide bonds. The summed E-state index contributed by atoms with van der Waals surface area (Å²) in [5, 5.41) is 14.9.